The van der Waals surface area contributed by atoms with Crippen molar-refractivity contribution < 1.29 is 9.47 Å². The molecule has 1 radical (unpaired) electrons. The van der Waals surface area contributed by atoms with Gasteiger partial charge in [0, 0.05) is 0 Å². The Balaban J connectivity index is 2.46. The van der Waals surface area contributed by atoms with Gasteiger partial charge in [-0.15, -0.1) is 0 Å². The summed E-state index contributed by atoms with van der Waals surface area (Å²) >= 11 is 0. The van der Waals surface area contributed by atoms with Crippen LogP contribution in [-0.2, 0) is 6.42 Å². The summed E-state index contributed by atoms with van der Waals surface area (Å²) in [5.74, 6) is 1.61. The lowest BCUT2D eigenvalue weighted by atomic mass is 9.91. The van der Waals surface area contributed by atoms with Gasteiger partial charge in [0.1, 0.15) is 0 Å². The van der Waals surface area contributed by atoms with E-state index in [9.17, 15) is 0 Å². The van der Waals surface area contributed by atoms with Crippen molar-refractivity contribution in [2.24, 2.45) is 0 Å². The topological polar surface area (TPSA) is 18.5 Å². The van der Waals surface area contributed by atoms with Crippen molar-refractivity contribution in [1.82, 2.24) is 0 Å². The van der Waals surface area contributed by atoms with Crippen molar-refractivity contribution in [3.8, 4) is 11.5 Å². The van der Waals surface area contributed by atoms with Gasteiger partial charge in [-0.05, 0) is 49.4 Å². The van der Waals surface area contributed by atoms with Crippen LogP contribution in [0.2, 0.25) is 0 Å². The van der Waals surface area contributed by atoms with E-state index in [-0.39, 0.29) is 0 Å². The molecule has 1 aromatic rings. The zero-order chi connectivity index (χ0) is 11.5. The third-order valence-corrected chi connectivity index (χ3v) is 3.04. The number of hydrogen-bond acceptors (Lipinski definition) is 2. The fraction of sp³-hybridized carbons (Fsp3) is 0.357. The molecule has 0 N–H and O–H groups in total. The normalized spacial score (nSPS) is 14.1. The molecule has 0 unspecified atom stereocenters. The van der Waals surface area contributed by atoms with E-state index in [1.165, 1.54) is 16.7 Å². The highest BCUT2D eigenvalue weighted by Crippen LogP contribution is 2.35. The first-order valence-corrected chi connectivity index (χ1v) is 5.52. The Labute approximate surface area is 96.9 Å². The lowest BCUT2D eigenvalue weighted by Gasteiger charge is -2.18. The lowest BCUT2D eigenvalue weighted by Crippen LogP contribution is -2.01. The van der Waals surface area contributed by atoms with Crippen LogP contribution >= 0.6 is 0 Å². The van der Waals surface area contributed by atoms with Crippen molar-refractivity contribution in [2.45, 2.75) is 19.3 Å². The lowest BCUT2D eigenvalue weighted by molar-refractivity contribution is 0.354. The van der Waals surface area contributed by atoms with Crippen LogP contribution in [0, 0.1) is 6.92 Å². The van der Waals surface area contributed by atoms with Crippen LogP contribution in [-0.4, -0.2) is 14.2 Å². The van der Waals surface area contributed by atoms with Crippen molar-refractivity contribution in [1.29, 1.82) is 0 Å². The molecule has 1 aliphatic carbocycles. The average molecular weight is 217 g/mol. The maximum atomic E-state index is 5.30. The molecule has 0 fully saturated rings. The Kier molecular flexibility index (Phi) is 3.18. The molecular weight excluding hydrogens is 200 g/mol. The van der Waals surface area contributed by atoms with E-state index >= 15 is 0 Å². The summed E-state index contributed by atoms with van der Waals surface area (Å²) in [6, 6.07) is 4.12. The summed E-state index contributed by atoms with van der Waals surface area (Å²) in [5.41, 5.74) is 3.97. The first-order valence-electron chi connectivity index (χ1n) is 5.52. The van der Waals surface area contributed by atoms with Crippen LogP contribution in [0.5, 0.6) is 11.5 Å². The molecule has 2 heteroatoms. The Morgan fingerprint density at radius 2 is 1.81 bits per heavy atom. The molecule has 0 amide bonds. The summed E-state index contributed by atoms with van der Waals surface area (Å²) in [7, 11) is 3.34. The van der Waals surface area contributed by atoms with Crippen LogP contribution < -0.4 is 9.47 Å². The molecule has 0 saturated heterocycles. The molecule has 0 atom stereocenters. The van der Waals surface area contributed by atoms with Crippen LogP contribution in [0.3, 0.4) is 0 Å². The highest BCUT2D eigenvalue weighted by Gasteiger charge is 2.14. The van der Waals surface area contributed by atoms with E-state index in [1.807, 2.05) is 6.07 Å². The van der Waals surface area contributed by atoms with E-state index in [0.29, 0.717) is 0 Å². The van der Waals surface area contributed by atoms with Gasteiger partial charge in [0.15, 0.2) is 11.5 Å². The second kappa shape index (κ2) is 4.60. The van der Waals surface area contributed by atoms with E-state index in [1.54, 1.807) is 14.2 Å². The maximum Gasteiger partial charge on any atom is 0.161 e. The highest BCUT2D eigenvalue weighted by atomic mass is 16.5. The molecule has 0 aromatic heterocycles. The predicted octanol–water partition coefficient (Wildman–Crippen LogP) is 3.26. The van der Waals surface area contributed by atoms with Crippen LogP contribution in [0.4, 0.5) is 0 Å². The van der Waals surface area contributed by atoms with Gasteiger partial charge < -0.3 is 9.47 Å². The maximum absolute atomic E-state index is 5.30. The number of aryl methyl sites for hydroxylation is 1. The first kappa shape index (κ1) is 11.1. The van der Waals surface area contributed by atoms with Gasteiger partial charge in [0.05, 0.1) is 14.2 Å². The quantitative estimate of drug-likeness (QED) is 0.773. The predicted molar refractivity (Wildman–Crippen MR) is 65.8 cm³/mol. The van der Waals surface area contributed by atoms with Gasteiger partial charge in [-0.25, -0.2) is 0 Å². The summed E-state index contributed by atoms with van der Waals surface area (Å²) < 4.78 is 10.6. The third-order valence-electron chi connectivity index (χ3n) is 3.04. The van der Waals surface area contributed by atoms with Crippen LogP contribution in [0.25, 0.3) is 6.08 Å². The van der Waals surface area contributed by atoms with Crippen molar-refractivity contribution in [3.63, 3.8) is 0 Å². The molecule has 0 saturated carbocycles. The van der Waals surface area contributed by atoms with Crippen LogP contribution in [0.15, 0.2) is 17.7 Å². The Morgan fingerprint density at radius 1 is 1.12 bits per heavy atom. The highest BCUT2D eigenvalue weighted by molar-refractivity contribution is 5.64. The molecular formula is C14H17O2. The van der Waals surface area contributed by atoms with Gasteiger partial charge in [-0.3, -0.25) is 0 Å². The van der Waals surface area contributed by atoms with Gasteiger partial charge in [-0.2, -0.15) is 0 Å². The molecule has 16 heavy (non-hydrogen) atoms. The monoisotopic (exact) mass is 217 g/mol. The molecule has 1 aliphatic rings. The summed E-state index contributed by atoms with van der Waals surface area (Å²) in [4.78, 5) is 0. The van der Waals surface area contributed by atoms with E-state index in [2.05, 4.69) is 19.1 Å². The number of methoxy groups -OCH3 is 2. The molecule has 0 aliphatic heterocycles. The number of fused-ring (bicyclic) bond motifs is 1. The molecule has 2 rings (SSSR count). The molecule has 2 nitrogen and oxygen atoms in total. The fourth-order valence-electron chi connectivity index (χ4n) is 2.07. The summed E-state index contributed by atoms with van der Waals surface area (Å²) in [5, 5.41) is 0. The molecule has 0 bridgehead atoms. The van der Waals surface area contributed by atoms with Gasteiger partial charge in [0.25, 0.3) is 0 Å². The van der Waals surface area contributed by atoms with Crippen molar-refractivity contribution in [2.75, 3.05) is 14.2 Å². The Bertz CT molecular complexity index is 419. The minimum absolute atomic E-state index is 0.794. The largest absolute Gasteiger partial charge is 0.493 e. The zero-order valence-corrected chi connectivity index (χ0v) is 9.88. The van der Waals surface area contributed by atoms with E-state index in [4.69, 9.17) is 9.47 Å². The number of allylic oxidation sites excluding steroid dienone is 1. The van der Waals surface area contributed by atoms with E-state index in [0.717, 1.165) is 30.8 Å². The van der Waals surface area contributed by atoms with Crippen LogP contribution in [0.1, 0.15) is 24.0 Å². The molecule has 0 spiro atoms. The second-order valence-corrected chi connectivity index (χ2v) is 3.96. The molecule has 0 heterocycles. The third kappa shape index (κ3) is 1.92. The second-order valence-electron chi connectivity index (χ2n) is 3.96. The smallest absolute Gasteiger partial charge is 0.161 e. The van der Waals surface area contributed by atoms with E-state index < -0.39 is 0 Å². The zero-order valence-electron chi connectivity index (χ0n) is 9.88. The number of benzene rings is 1. The molecule has 85 valence electrons. The molecule has 1 aromatic carbocycles. The van der Waals surface area contributed by atoms with Gasteiger partial charge in [-0.1, -0.05) is 11.6 Å². The standard InChI is InChI=1S/C14H17O2/c1-4-10-5-6-11-8-13(15-2)14(16-3)9-12(11)7-10/h7-9H,1,4-6H2,2-3H3. The number of rotatable bonds is 3. The number of hydrogen-bond donors (Lipinski definition) is 0. The van der Waals surface area contributed by atoms with Crippen molar-refractivity contribution >= 4 is 6.08 Å². The minimum atomic E-state index is 0.794. The van der Waals surface area contributed by atoms with Crippen molar-refractivity contribution in [3.05, 3.63) is 35.8 Å². The fourth-order valence-corrected chi connectivity index (χ4v) is 2.07. The summed E-state index contributed by atoms with van der Waals surface area (Å²) in [6.45, 7) is 3.93. The Hall–Kier alpha value is -1.44. The summed E-state index contributed by atoms with van der Waals surface area (Å²) in [6.07, 6.45) is 5.27. The minimum Gasteiger partial charge on any atom is -0.493 e. The van der Waals surface area contributed by atoms with Gasteiger partial charge in [0.2, 0.25) is 0 Å². The first-order chi connectivity index (χ1) is 7.78. The SMILES string of the molecule is [CH2]CC1=Cc2cc(OC)c(OC)cc2CC1. The van der Waals surface area contributed by atoms with Gasteiger partial charge >= 0.3 is 0 Å². The average Bonchev–Trinajstić information content (AvgIpc) is 2.36. The Morgan fingerprint density at radius 3 is 2.44 bits per heavy atom. The number of ether oxygens (including phenoxy) is 2.